The number of morpholine rings is 1. The topological polar surface area (TPSA) is 53.6 Å². The molecular weight excluding hydrogens is 352 g/mol. The van der Waals surface area contributed by atoms with Gasteiger partial charge in [-0.2, -0.15) is 5.10 Å². The molecule has 3 aliphatic heterocycles. The Kier molecular flexibility index (Phi) is 5.34. The van der Waals surface area contributed by atoms with Crippen LogP contribution in [0, 0.1) is 0 Å². The highest BCUT2D eigenvalue weighted by atomic mass is 16.5. The van der Waals surface area contributed by atoms with Gasteiger partial charge < -0.3 is 9.47 Å². The van der Waals surface area contributed by atoms with Crippen molar-refractivity contribution < 1.29 is 9.47 Å². The fourth-order valence-corrected chi connectivity index (χ4v) is 5.01. The Morgan fingerprint density at radius 3 is 2.93 bits per heavy atom. The summed E-state index contributed by atoms with van der Waals surface area (Å²) in [7, 11) is 0. The second-order valence-electron chi connectivity index (χ2n) is 8.16. The molecule has 0 radical (unpaired) electrons. The molecule has 2 aromatic rings. The zero-order valence-electron chi connectivity index (χ0n) is 16.5. The molecule has 2 atom stereocenters. The Balaban J connectivity index is 1.27. The normalized spacial score (nSPS) is 25.4. The summed E-state index contributed by atoms with van der Waals surface area (Å²) in [6.45, 7) is 7.96. The number of nitrogens with zero attached hydrogens (tertiary/aromatic N) is 3. The largest absolute Gasteiger partial charge is 0.494 e. The minimum absolute atomic E-state index is 0.377. The van der Waals surface area contributed by atoms with Crippen LogP contribution < -0.4 is 4.74 Å². The highest BCUT2D eigenvalue weighted by Gasteiger charge is 2.37. The lowest BCUT2D eigenvalue weighted by Crippen LogP contribution is -2.37. The molecule has 0 aliphatic carbocycles. The molecule has 0 spiro atoms. The molecule has 0 bridgehead atoms. The van der Waals surface area contributed by atoms with Crippen LogP contribution in [0.3, 0.4) is 0 Å². The number of fused-ring (bicyclic) bond motifs is 3. The van der Waals surface area contributed by atoms with Gasteiger partial charge >= 0.3 is 0 Å². The van der Waals surface area contributed by atoms with Crippen LogP contribution in [0.25, 0.3) is 0 Å². The molecule has 2 saturated heterocycles. The number of hydrogen-bond donors (Lipinski definition) is 1. The predicted molar refractivity (Wildman–Crippen MR) is 108 cm³/mol. The Morgan fingerprint density at radius 2 is 2.07 bits per heavy atom. The summed E-state index contributed by atoms with van der Waals surface area (Å²) in [5.41, 5.74) is 4.10. The number of ether oxygens (including phenoxy) is 2. The van der Waals surface area contributed by atoms with Crippen molar-refractivity contribution in [3.05, 3.63) is 47.3 Å². The molecule has 0 unspecified atom stereocenters. The van der Waals surface area contributed by atoms with E-state index in [-0.39, 0.29) is 0 Å². The smallest absolute Gasteiger partial charge is 0.119 e. The Bertz CT molecular complexity index is 773. The van der Waals surface area contributed by atoms with Gasteiger partial charge in [-0.15, -0.1) is 0 Å². The van der Waals surface area contributed by atoms with Gasteiger partial charge in [0.25, 0.3) is 0 Å². The summed E-state index contributed by atoms with van der Waals surface area (Å²) < 4.78 is 11.6. The number of aromatic nitrogens is 2. The molecule has 0 amide bonds. The standard InChI is InChI=1S/C22H30N4O2/c1-3-22-19-15-17(28-12-2-8-25-10-13-27-14-11-25)4-5-18(19)20(16-26(22)9-1)21-6-7-23-24-21/h4-7,15,20,22H,1-3,8-14,16H2,(H,23,24)/t20-,22+/m0/s1. The van der Waals surface area contributed by atoms with E-state index in [1.807, 2.05) is 6.20 Å². The van der Waals surface area contributed by atoms with E-state index in [1.54, 1.807) is 0 Å². The van der Waals surface area contributed by atoms with Gasteiger partial charge in [0.1, 0.15) is 5.75 Å². The van der Waals surface area contributed by atoms with Gasteiger partial charge in [0.05, 0.1) is 19.8 Å². The second kappa shape index (κ2) is 8.23. The summed E-state index contributed by atoms with van der Waals surface area (Å²) in [6.07, 6.45) is 5.45. The fourth-order valence-electron chi connectivity index (χ4n) is 5.01. The van der Waals surface area contributed by atoms with Crippen LogP contribution in [-0.4, -0.2) is 72.5 Å². The van der Waals surface area contributed by atoms with Crippen LogP contribution in [0.15, 0.2) is 30.5 Å². The average molecular weight is 383 g/mol. The minimum atomic E-state index is 0.377. The predicted octanol–water partition coefficient (Wildman–Crippen LogP) is 2.79. The lowest BCUT2D eigenvalue weighted by molar-refractivity contribution is 0.0358. The highest BCUT2D eigenvalue weighted by molar-refractivity contribution is 5.45. The summed E-state index contributed by atoms with van der Waals surface area (Å²) >= 11 is 0. The van der Waals surface area contributed by atoms with Crippen molar-refractivity contribution in [2.75, 3.05) is 52.5 Å². The molecule has 28 heavy (non-hydrogen) atoms. The molecule has 0 saturated carbocycles. The maximum Gasteiger partial charge on any atom is 0.119 e. The molecular formula is C22H30N4O2. The van der Waals surface area contributed by atoms with Gasteiger partial charge in [0.15, 0.2) is 0 Å². The Labute approximate surface area is 166 Å². The van der Waals surface area contributed by atoms with Crippen molar-refractivity contribution >= 4 is 0 Å². The average Bonchev–Trinajstić information content (AvgIpc) is 3.43. The Hall–Kier alpha value is -1.89. The molecule has 1 aromatic heterocycles. The second-order valence-corrected chi connectivity index (χ2v) is 8.16. The van der Waals surface area contributed by atoms with E-state index in [4.69, 9.17) is 9.47 Å². The molecule has 1 aromatic carbocycles. The van der Waals surface area contributed by atoms with Crippen LogP contribution in [-0.2, 0) is 4.74 Å². The van der Waals surface area contributed by atoms with Crippen molar-refractivity contribution in [1.29, 1.82) is 0 Å². The van der Waals surface area contributed by atoms with E-state index in [9.17, 15) is 0 Å². The van der Waals surface area contributed by atoms with Crippen LogP contribution in [0.2, 0.25) is 0 Å². The number of benzene rings is 1. The van der Waals surface area contributed by atoms with E-state index < -0.39 is 0 Å². The van der Waals surface area contributed by atoms with Crippen LogP contribution >= 0.6 is 0 Å². The summed E-state index contributed by atoms with van der Waals surface area (Å²) in [6, 6.07) is 9.40. The number of H-pyrrole nitrogens is 1. The molecule has 6 heteroatoms. The zero-order valence-corrected chi connectivity index (χ0v) is 16.5. The SMILES string of the molecule is c1cc([C@H]2CN3CCC[C@@H]3c3cc(OCCCN4CCOCC4)ccc32)[nH]n1. The quantitative estimate of drug-likeness (QED) is 0.779. The van der Waals surface area contributed by atoms with Crippen molar-refractivity contribution in [1.82, 2.24) is 20.0 Å². The maximum atomic E-state index is 6.14. The zero-order chi connectivity index (χ0) is 18.8. The number of aromatic amines is 1. The van der Waals surface area contributed by atoms with Crippen LogP contribution in [0.4, 0.5) is 0 Å². The summed E-state index contributed by atoms with van der Waals surface area (Å²) in [5.74, 6) is 1.39. The number of hydrogen-bond acceptors (Lipinski definition) is 5. The van der Waals surface area contributed by atoms with Crippen molar-refractivity contribution in [3.63, 3.8) is 0 Å². The molecule has 4 heterocycles. The van der Waals surface area contributed by atoms with E-state index in [1.165, 1.54) is 36.2 Å². The van der Waals surface area contributed by atoms with Gasteiger partial charge in [-0.25, -0.2) is 0 Å². The Morgan fingerprint density at radius 1 is 1.14 bits per heavy atom. The molecule has 1 N–H and O–H groups in total. The third-order valence-corrected chi connectivity index (χ3v) is 6.46. The van der Waals surface area contributed by atoms with Gasteiger partial charge in [0, 0.05) is 50.0 Å². The monoisotopic (exact) mass is 382 g/mol. The molecule has 2 fully saturated rings. The summed E-state index contributed by atoms with van der Waals surface area (Å²) in [5, 5.41) is 7.38. The highest BCUT2D eigenvalue weighted by Crippen LogP contribution is 2.44. The third kappa shape index (κ3) is 3.69. The molecule has 5 rings (SSSR count). The van der Waals surface area contributed by atoms with Crippen molar-refractivity contribution in [3.8, 4) is 5.75 Å². The van der Waals surface area contributed by atoms with Gasteiger partial charge in [0.2, 0.25) is 0 Å². The van der Waals surface area contributed by atoms with Crippen molar-refractivity contribution in [2.45, 2.75) is 31.2 Å². The molecule has 3 aliphatic rings. The van der Waals surface area contributed by atoms with Crippen LogP contribution in [0.1, 0.15) is 48.0 Å². The fraction of sp³-hybridized carbons (Fsp3) is 0.591. The first-order valence-electron chi connectivity index (χ1n) is 10.7. The minimum Gasteiger partial charge on any atom is -0.494 e. The number of nitrogens with one attached hydrogen (secondary N) is 1. The van der Waals surface area contributed by atoms with Gasteiger partial charge in [-0.05, 0) is 55.1 Å². The first-order chi connectivity index (χ1) is 13.9. The summed E-state index contributed by atoms with van der Waals surface area (Å²) in [4.78, 5) is 5.10. The lowest BCUT2D eigenvalue weighted by atomic mass is 9.83. The van der Waals surface area contributed by atoms with Gasteiger partial charge in [-0.1, -0.05) is 6.07 Å². The maximum absolute atomic E-state index is 6.14. The van der Waals surface area contributed by atoms with E-state index in [2.05, 4.69) is 44.3 Å². The third-order valence-electron chi connectivity index (χ3n) is 6.46. The molecule has 6 nitrogen and oxygen atoms in total. The van der Waals surface area contributed by atoms with Crippen molar-refractivity contribution in [2.24, 2.45) is 0 Å². The lowest BCUT2D eigenvalue weighted by Gasteiger charge is -2.37. The van der Waals surface area contributed by atoms with E-state index in [0.717, 1.165) is 58.2 Å². The molecule has 150 valence electrons. The van der Waals surface area contributed by atoms with Crippen LogP contribution in [0.5, 0.6) is 5.75 Å². The first kappa shape index (κ1) is 18.2. The van der Waals surface area contributed by atoms with E-state index >= 15 is 0 Å². The first-order valence-corrected chi connectivity index (χ1v) is 10.7. The van der Waals surface area contributed by atoms with Gasteiger partial charge in [-0.3, -0.25) is 14.9 Å². The van der Waals surface area contributed by atoms with E-state index in [0.29, 0.717) is 12.0 Å². The number of rotatable bonds is 6.